The van der Waals surface area contributed by atoms with Crippen LogP contribution in [0.2, 0.25) is 10.0 Å². The lowest BCUT2D eigenvalue weighted by Crippen LogP contribution is -2.34. The summed E-state index contributed by atoms with van der Waals surface area (Å²) in [6, 6.07) is 10.6. The molecule has 12 heteroatoms. The first kappa shape index (κ1) is 30.2. The highest BCUT2D eigenvalue weighted by Crippen LogP contribution is 2.27. The van der Waals surface area contributed by atoms with Crippen LogP contribution in [0.3, 0.4) is 0 Å². The molecule has 0 aliphatic carbocycles. The van der Waals surface area contributed by atoms with Crippen molar-refractivity contribution in [3.63, 3.8) is 0 Å². The fraction of sp³-hybridized carbons (Fsp3) is 0.296. The normalized spacial score (nSPS) is 11.6. The molecule has 0 bridgehead atoms. The van der Waals surface area contributed by atoms with Crippen LogP contribution in [-0.4, -0.2) is 44.9 Å². The molecule has 2 amide bonds. The highest BCUT2D eigenvalue weighted by molar-refractivity contribution is 7.99. The van der Waals surface area contributed by atoms with Crippen LogP contribution >= 0.6 is 35.0 Å². The van der Waals surface area contributed by atoms with Gasteiger partial charge in [-0.25, -0.2) is 4.79 Å². The second-order valence-corrected chi connectivity index (χ2v) is 10.5. The molecule has 0 radical (unpaired) electrons. The fourth-order valence-corrected chi connectivity index (χ4v) is 4.84. The van der Waals surface area contributed by atoms with Gasteiger partial charge < -0.3 is 19.9 Å². The lowest BCUT2D eigenvalue weighted by molar-refractivity contribution is -0.113. The minimum atomic E-state index is -0.488. The van der Waals surface area contributed by atoms with E-state index in [-0.39, 0.29) is 35.1 Å². The van der Waals surface area contributed by atoms with Gasteiger partial charge in [-0.3, -0.25) is 9.59 Å². The molecule has 1 aromatic heterocycles. The molecule has 0 aliphatic heterocycles. The smallest absolute Gasteiger partial charge is 0.338 e. The predicted molar refractivity (Wildman–Crippen MR) is 153 cm³/mol. The summed E-state index contributed by atoms with van der Waals surface area (Å²) in [5, 5.41) is 15.6. The number of aromatic nitrogens is 3. The second-order valence-electron chi connectivity index (χ2n) is 8.69. The number of allylic oxidation sites excluding steroid dienone is 1. The van der Waals surface area contributed by atoms with E-state index in [1.165, 1.54) is 17.8 Å². The molecule has 3 aromatic rings. The van der Waals surface area contributed by atoms with E-state index in [4.69, 9.17) is 27.9 Å². The van der Waals surface area contributed by atoms with Crippen LogP contribution < -0.4 is 10.6 Å². The molecule has 0 fully saturated rings. The molecule has 3 rings (SSSR count). The zero-order valence-corrected chi connectivity index (χ0v) is 24.1. The van der Waals surface area contributed by atoms with Gasteiger partial charge in [-0.2, -0.15) is 0 Å². The third-order valence-corrected chi connectivity index (χ3v) is 6.99. The minimum absolute atomic E-state index is 0.0356. The van der Waals surface area contributed by atoms with E-state index in [9.17, 15) is 14.4 Å². The summed E-state index contributed by atoms with van der Waals surface area (Å²) in [5.41, 5.74) is 1.24. The molecule has 0 saturated heterocycles. The summed E-state index contributed by atoms with van der Waals surface area (Å²) >= 11 is 13.4. The van der Waals surface area contributed by atoms with Crippen molar-refractivity contribution >= 4 is 58.4 Å². The Labute approximate surface area is 241 Å². The molecule has 9 nitrogen and oxygen atoms in total. The summed E-state index contributed by atoms with van der Waals surface area (Å²) in [5.74, 6) is -0.493. The number of halogens is 2. The van der Waals surface area contributed by atoms with Crippen LogP contribution in [0, 0.1) is 5.92 Å². The number of thioether (sulfide) groups is 1. The predicted octanol–water partition coefficient (Wildman–Crippen LogP) is 5.81. The maximum Gasteiger partial charge on any atom is 0.338 e. The van der Waals surface area contributed by atoms with E-state index >= 15 is 0 Å². The standard InChI is InChI=1S/C27H29Cl2N5O4S/c1-5-13-34-24(23(16(3)4)31-25(36)20-12-9-18(28)14-21(20)29)32-33-27(34)39-15-22(35)30-19-10-7-17(8-11-19)26(37)38-6-2/h5,7-12,14,16,23H,1,6,13,15H2,2-4H3,(H,30,35)(H,31,36)/t23-/m1/s1. The molecule has 39 heavy (non-hydrogen) atoms. The average Bonchev–Trinajstić information content (AvgIpc) is 3.28. The van der Waals surface area contributed by atoms with Gasteiger partial charge in [0.1, 0.15) is 0 Å². The van der Waals surface area contributed by atoms with Gasteiger partial charge in [0, 0.05) is 17.3 Å². The number of esters is 1. The van der Waals surface area contributed by atoms with Crippen molar-refractivity contribution < 1.29 is 19.1 Å². The van der Waals surface area contributed by atoms with Crippen molar-refractivity contribution in [2.24, 2.45) is 5.92 Å². The average molecular weight is 591 g/mol. The second kappa shape index (κ2) is 14.2. The Morgan fingerprint density at radius 2 is 1.85 bits per heavy atom. The zero-order chi connectivity index (χ0) is 28.5. The number of ether oxygens (including phenoxy) is 1. The molecular formula is C27H29Cl2N5O4S. The molecule has 0 saturated carbocycles. The number of hydrogen-bond acceptors (Lipinski definition) is 7. The van der Waals surface area contributed by atoms with Crippen LogP contribution in [0.15, 0.2) is 60.3 Å². The molecule has 206 valence electrons. The van der Waals surface area contributed by atoms with Crippen molar-refractivity contribution in [1.29, 1.82) is 0 Å². The van der Waals surface area contributed by atoms with Gasteiger partial charge in [-0.15, -0.1) is 16.8 Å². The number of benzene rings is 2. The Bertz CT molecular complexity index is 1340. The fourth-order valence-electron chi connectivity index (χ4n) is 3.59. The summed E-state index contributed by atoms with van der Waals surface area (Å²) in [4.78, 5) is 37.4. The number of carbonyl (C=O) groups excluding carboxylic acids is 3. The SMILES string of the molecule is C=CCn1c(SCC(=O)Nc2ccc(C(=O)OCC)cc2)nnc1[C@H](NC(=O)c1ccc(Cl)cc1Cl)C(C)C. The molecule has 0 unspecified atom stereocenters. The first-order chi connectivity index (χ1) is 18.6. The van der Waals surface area contributed by atoms with Crippen LogP contribution in [0.4, 0.5) is 5.69 Å². The van der Waals surface area contributed by atoms with E-state index in [0.29, 0.717) is 39.4 Å². The summed E-state index contributed by atoms with van der Waals surface area (Å²) in [7, 11) is 0. The van der Waals surface area contributed by atoms with Gasteiger partial charge in [0.2, 0.25) is 5.91 Å². The Balaban J connectivity index is 1.71. The zero-order valence-electron chi connectivity index (χ0n) is 21.7. The van der Waals surface area contributed by atoms with Gasteiger partial charge in [-0.05, 0) is 55.3 Å². The number of carbonyl (C=O) groups is 3. The number of rotatable bonds is 12. The lowest BCUT2D eigenvalue weighted by Gasteiger charge is -2.23. The maximum atomic E-state index is 13.0. The van der Waals surface area contributed by atoms with Gasteiger partial charge in [0.25, 0.3) is 5.91 Å². The van der Waals surface area contributed by atoms with E-state index in [0.717, 1.165) is 0 Å². The number of nitrogens with zero attached hydrogens (tertiary/aromatic N) is 3. The highest BCUT2D eigenvalue weighted by atomic mass is 35.5. The molecule has 2 N–H and O–H groups in total. The Morgan fingerprint density at radius 3 is 2.46 bits per heavy atom. The molecule has 0 spiro atoms. The third-order valence-electron chi connectivity index (χ3n) is 5.48. The maximum absolute atomic E-state index is 13.0. The molecule has 1 heterocycles. The molecule has 0 aliphatic rings. The van der Waals surface area contributed by atoms with Crippen molar-refractivity contribution in [2.45, 2.75) is 38.5 Å². The monoisotopic (exact) mass is 589 g/mol. The van der Waals surface area contributed by atoms with E-state index < -0.39 is 12.0 Å². The quantitative estimate of drug-likeness (QED) is 0.156. The largest absolute Gasteiger partial charge is 0.462 e. The third kappa shape index (κ3) is 8.08. The molecule has 1 atom stereocenters. The number of nitrogens with one attached hydrogen (secondary N) is 2. The summed E-state index contributed by atoms with van der Waals surface area (Å²) < 4.78 is 6.78. The minimum Gasteiger partial charge on any atom is -0.462 e. The van der Waals surface area contributed by atoms with E-state index in [1.807, 2.05) is 18.4 Å². The van der Waals surface area contributed by atoms with Crippen LogP contribution in [0.1, 0.15) is 53.4 Å². The van der Waals surface area contributed by atoms with E-state index in [1.54, 1.807) is 49.4 Å². The molecule has 2 aromatic carbocycles. The Hall–Kier alpha value is -3.34. The summed E-state index contributed by atoms with van der Waals surface area (Å²) in [6.07, 6.45) is 1.69. The van der Waals surface area contributed by atoms with Gasteiger partial charge in [0.15, 0.2) is 11.0 Å². The number of hydrogen-bond donors (Lipinski definition) is 2. The summed E-state index contributed by atoms with van der Waals surface area (Å²) in [6.45, 7) is 10.1. The van der Waals surface area contributed by atoms with Crippen molar-refractivity contribution in [3.8, 4) is 0 Å². The highest BCUT2D eigenvalue weighted by Gasteiger charge is 2.27. The molecular weight excluding hydrogens is 561 g/mol. The Morgan fingerprint density at radius 1 is 1.13 bits per heavy atom. The van der Waals surface area contributed by atoms with Crippen molar-refractivity contribution in [3.05, 3.63) is 82.1 Å². The van der Waals surface area contributed by atoms with Crippen molar-refractivity contribution in [1.82, 2.24) is 20.1 Å². The van der Waals surface area contributed by atoms with Crippen molar-refractivity contribution in [2.75, 3.05) is 17.7 Å². The lowest BCUT2D eigenvalue weighted by atomic mass is 10.0. The number of amides is 2. The number of anilines is 1. The Kier molecular flexibility index (Phi) is 11.0. The first-order valence-electron chi connectivity index (χ1n) is 12.1. The topological polar surface area (TPSA) is 115 Å². The van der Waals surface area contributed by atoms with Crippen LogP contribution in [0.25, 0.3) is 0 Å². The first-order valence-corrected chi connectivity index (χ1v) is 13.9. The van der Waals surface area contributed by atoms with Crippen LogP contribution in [-0.2, 0) is 16.1 Å². The van der Waals surface area contributed by atoms with E-state index in [2.05, 4.69) is 27.4 Å². The van der Waals surface area contributed by atoms with Gasteiger partial charge >= 0.3 is 5.97 Å². The van der Waals surface area contributed by atoms with Crippen LogP contribution in [0.5, 0.6) is 0 Å². The van der Waals surface area contributed by atoms with Gasteiger partial charge in [0.05, 0.1) is 34.6 Å². The van der Waals surface area contributed by atoms with Gasteiger partial charge in [-0.1, -0.05) is 54.9 Å².